The minimum Gasteiger partial charge on any atom is -0.378 e. The number of ether oxygens (including phenoxy) is 1. The van der Waals surface area contributed by atoms with Crippen LogP contribution in [0.25, 0.3) is 28.2 Å². The summed E-state index contributed by atoms with van der Waals surface area (Å²) in [7, 11) is 0. The Morgan fingerprint density at radius 2 is 1.82 bits per heavy atom. The van der Waals surface area contributed by atoms with Crippen LogP contribution < -0.4 is 4.90 Å². The van der Waals surface area contributed by atoms with Crippen molar-refractivity contribution in [1.82, 2.24) is 19.8 Å². The second kappa shape index (κ2) is 11.4. The van der Waals surface area contributed by atoms with E-state index in [2.05, 4.69) is 36.6 Å². The number of amidine groups is 1. The van der Waals surface area contributed by atoms with Gasteiger partial charge in [-0.1, -0.05) is 19.1 Å². The summed E-state index contributed by atoms with van der Waals surface area (Å²) in [6, 6.07) is 11.1. The van der Waals surface area contributed by atoms with Gasteiger partial charge in [0.05, 0.1) is 35.0 Å². The van der Waals surface area contributed by atoms with Crippen molar-refractivity contribution in [2.75, 3.05) is 63.9 Å². The maximum absolute atomic E-state index is 15.4. The van der Waals surface area contributed by atoms with Gasteiger partial charge in [-0.2, -0.15) is 4.99 Å². The molecule has 2 fully saturated rings. The zero-order valence-electron chi connectivity index (χ0n) is 22.0. The van der Waals surface area contributed by atoms with Crippen molar-refractivity contribution in [3.05, 3.63) is 59.0 Å². The molecule has 8 nitrogen and oxygen atoms in total. The molecule has 3 aromatic rings. The van der Waals surface area contributed by atoms with E-state index in [-0.39, 0.29) is 11.7 Å². The normalized spacial score (nSPS) is 19.8. The minimum absolute atomic E-state index is 0.237. The molecule has 3 aliphatic rings. The Morgan fingerprint density at radius 3 is 2.59 bits per heavy atom. The van der Waals surface area contributed by atoms with Crippen molar-refractivity contribution in [2.45, 2.75) is 13.3 Å². The van der Waals surface area contributed by atoms with Crippen LogP contribution in [-0.4, -0.2) is 89.9 Å². The van der Waals surface area contributed by atoms with Gasteiger partial charge in [-0.05, 0) is 60.6 Å². The van der Waals surface area contributed by atoms with E-state index in [4.69, 9.17) is 4.74 Å². The second-order valence-corrected chi connectivity index (χ2v) is 10.9. The first-order valence-electron chi connectivity index (χ1n) is 13.5. The molecule has 2 saturated heterocycles. The molecule has 1 amide bonds. The standard InChI is InChI=1S/C29H31FN6O2S/c1-2-7-34-8-10-35(11-9-34)25-6-4-21(18-23(25)30)27-22-16-20(3-5-24(22)31-19-32-27)17-26-28(37)33-29(39-26)36-12-14-38-15-13-36/h3-6,16-19H,2,7-15H2,1H3/b26-17-. The van der Waals surface area contributed by atoms with Gasteiger partial charge in [0.25, 0.3) is 5.91 Å². The largest absolute Gasteiger partial charge is 0.378 e. The second-order valence-electron chi connectivity index (χ2n) is 9.90. The first kappa shape index (κ1) is 25.9. The summed E-state index contributed by atoms with van der Waals surface area (Å²) in [6.45, 7) is 9.54. The van der Waals surface area contributed by atoms with E-state index in [0.29, 0.717) is 35.1 Å². The van der Waals surface area contributed by atoms with Crippen molar-refractivity contribution in [2.24, 2.45) is 4.99 Å². The fourth-order valence-corrected chi connectivity index (χ4v) is 6.24. The molecule has 2 aromatic carbocycles. The van der Waals surface area contributed by atoms with Crippen LogP contribution in [0.5, 0.6) is 0 Å². The predicted molar refractivity (Wildman–Crippen MR) is 154 cm³/mol. The third kappa shape index (κ3) is 5.54. The van der Waals surface area contributed by atoms with Gasteiger partial charge in [-0.15, -0.1) is 0 Å². The lowest BCUT2D eigenvalue weighted by Crippen LogP contribution is -2.46. The number of benzene rings is 2. The van der Waals surface area contributed by atoms with Crippen LogP contribution >= 0.6 is 11.8 Å². The maximum Gasteiger partial charge on any atom is 0.286 e. The van der Waals surface area contributed by atoms with Crippen LogP contribution in [0.1, 0.15) is 18.9 Å². The SMILES string of the molecule is CCCN1CCN(c2ccc(-c3ncnc4ccc(/C=C5\SC(N6CCOCC6)=NC5=O)cc34)cc2F)CC1. The van der Waals surface area contributed by atoms with Crippen molar-refractivity contribution < 1.29 is 13.9 Å². The molecule has 4 heterocycles. The Bertz CT molecular complexity index is 1450. The third-order valence-corrected chi connectivity index (χ3v) is 8.37. The molecule has 0 aliphatic carbocycles. The topological polar surface area (TPSA) is 74.2 Å². The minimum atomic E-state index is -0.248. The van der Waals surface area contributed by atoms with E-state index in [1.807, 2.05) is 36.4 Å². The summed E-state index contributed by atoms with van der Waals surface area (Å²) >= 11 is 1.39. The zero-order chi connectivity index (χ0) is 26.8. The van der Waals surface area contributed by atoms with Crippen molar-refractivity contribution in [1.29, 1.82) is 0 Å². The lowest BCUT2D eigenvalue weighted by Gasteiger charge is -2.36. The molecule has 1 aromatic heterocycles. The highest BCUT2D eigenvalue weighted by Crippen LogP contribution is 2.33. The number of thioether (sulfide) groups is 1. The predicted octanol–water partition coefficient (Wildman–Crippen LogP) is 4.27. The van der Waals surface area contributed by atoms with Crippen molar-refractivity contribution in [3.8, 4) is 11.3 Å². The maximum atomic E-state index is 15.4. The summed E-state index contributed by atoms with van der Waals surface area (Å²) in [4.78, 5) is 33.0. The third-order valence-electron chi connectivity index (χ3n) is 7.32. The number of hydrogen-bond donors (Lipinski definition) is 0. The Kier molecular flexibility index (Phi) is 7.58. The molecule has 6 rings (SSSR count). The molecular formula is C29H31FN6O2S. The Hall–Kier alpha value is -3.34. The van der Waals surface area contributed by atoms with Crippen LogP contribution in [0.2, 0.25) is 0 Å². The van der Waals surface area contributed by atoms with Gasteiger partial charge in [0, 0.05) is 50.2 Å². The van der Waals surface area contributed by atoms with Crippen LogP contribution in [0.3, 0.4) is 0 Å². The van der Waals surface area contributed by atoms with Crippen LogP contribution in [-0.2, 0) is 9.53 Å². The van der Waals surface area contributed by atoms with E-state index in [1.54, 1.807) is 6.07 Å². The molecule has 39 heavy (non-hydrogen) atoms. The lowest BCUT2D eigenvalue weighted by atomic mass is 10.0. The summed E-state index contributed by atoms with van der Waals surface area (Å²) in [5.74, 6) is -0.485. The number of anilines is 1. The number of halogens is 1. The van der Waals surface area contributed by atoms with Gasteiger partial charge in [-0.3, -0.25) is 9.69 Å². The molecule has 10 heteroatoms. The Morgan fingerprint density at radius 1 is 1.00 bits per heavy atom. The number of aliphatic imine (C=N–C) groups is 1. The van der Waals surface area contributed by atoms with Gasteiger partial charge < -0.3 is 14.5 Å². The summed E-state index contributed by atoms with van der Waals surface area (Å²) < 4.78 is 20.8. The molecular weight excluding hydrogens is 515 g/mol. The molecule has 3 aliphatic heterocycles. The number of piperazine rings is 1. The number of nitrogens with zero attached hydrogens (tertiary/aromatic N) is 6. The number of fused-ring (bicyclic) bond motifs is 1. The van der Waals surface area contributed by atoms with Crippen molar-refractivity contribution >= 4 is 45.5 Å². The van der Waals surface area contributed by atoms with E-state index in [1.165, 1.54) is 18.1 Å². The molecule has 0 radical (unpaired) electrons. The fraction of sp³-hybridized carbons (Fsp3) is 0.379. The summed E-state index contributed by atoms with van der Waals surface area (Å²) in [5.41, 5.74) is 3.59. The van der Waals surface area contributed by atoms with Gasteiger partial charge in [0.2, 0.25) is 0 Å². The number of rotatable bonds is 5. The van der Waals surface area contributed by atoms with E-state index in [9.17, 15) is 4.79 Å². The highest BCUT2D eigenvalue weighted by molar-refractivity contribution is 8.18. The average Bonchev–Trinajstić information content (AvgIpc) is 3.33. The Balaban J connectivity index is 1.24. The lowest BCUT2D eigenvalue weighted by molar-refractivity contribution is -0.113. The van der Waals surface area contributed by atoms with E-state index in [0.717, 1.165) is 73.9 Å². The molecule has 0 bridgehead atoms. The quantitative estimate of drug-likeness (QED) is 0.440. The van der Waals surface area contributed by atoms with Gasteiger partial charge in [0.1, 0.15) is 12.1 Å². The highest BCUT2D eigenvalue weighted by Gasteiger charge is 2.27. The molecule has 202 valence electrons. The highest BCUT2D eigenvalue weighted by atomic mass is 32.2. The Labute approximate surface area is 231 Å². The summed E-state index contributed by atoms with van der Waals surface area (Å²) in [6.07, 6.45) is 4.49. The smallest absolute Gasteiger partial charge is 0.286 e. The van der Waals surface area contributed by atoms with E-state index < -0.39 is 0 Å². The molecule has 0 unspecified atom stereocenters. The number of carbonyl (C=O) groups excluding carboxylic acids is 1. The first-order chi connectivity index (χ1) is 19.1. The summed E-state index contributed by atoms with van der Waals surface area (Å²) in [5, 5.41) is 1.53. The number of hydrogen-bond acceptors (Lipinski definition) is 8. The average molecular weight is 547 g/mol. The van der Waals surface area contributed by atoms with Crippen LogP contribution in [0.15, 0.2) is 52.6 Å². The van der Waals surface area contributed by atoms with Gasteiger partial charge in [-0.25, -0.2) is 14.4 Å². The zero-order valence-corrected chi connectivity index (χ0v) is 22.8. The van der Waals surface area contributed by atoms with Crippen LogP contribution in [0.4, 0.5) is 10.1 Å². The molecule has 0 saturated carbocycles. The monoisotopic (exact) mass is 546 g/mol. The van der Waals surface area contributed by atoms with Crippen molar-refractivity contribution in [3.63, 3.8) is 0 Å². The number of amides is 1. The molecule has 0 atom stereocenters. The van der Waals surface area contributed by atoms with Crippen LogP contribution in [0, 0.1) is 5.82 Å². The molecule has 0 spiro atoms. The molecule has 0 N–H and O–H groups in total. The number of carbonyl (C=O) groups is 1. The fourth-order valence-electron chi connectivity index (χ4n) is 5.27. The number of morpholine rings is 1. The number of aromatic nitrogens is 2. The van der Waals surface area contributed by atoms with Gasteiger partial charge in [0.15, 0.2) is 5.17 Å². The van der Waals surface area contributed by atoms with Gasteiger partial charge >= 0.3 is 0 Å². The first-order valence-corrected chi connectivity index (χ1v) is 14.3. The van der Waals surface area contributed by atoms with E-state index >= 15 is 4.39 Å².